The van der Waals surface area contributed by atoms with Gasteiger partial charge in [-0.2, -0.15) is 18.3 Å². The van der Waals surface area contributed by atoms with Crippen molar-refractivity contribution in [2.75, 3.05) is 0 Å². The Labute approximate surface area is 144 Å². The molecule has 0 aliphatic rings. The molecule has 10 heteroatoms. The summed E-state index contributed by atoms with van der Waals surface area (Å²) < 4.78 is 39.4. The van der Waals surface area contributed by atoms with E-state index in [1.165, 1.54) is 18.4 Å². The van der Waals surface area contributed by atoms with Gasteiger partial charge in [-0.05, 0) is 12.1 Å². The maximum Gasteiger partial charge on any atom is 0.416 e. The number of aliphatic imine (C=N–C) groups is 1. The van der Waals surface area contributed by atoms with E-state index in [1.807, 2.05) is 0 Å². The van der Waals surface area contributed by atoms with Crippen LogP contribution in [0.2, 0.25) is 10.0 Å². The van der Waals surface area contributed by atoms with Crippen LogP contribution in [0.25, 0.3) is 5.69 Å². The molecular formula is C14H9Cl2F3N4O. The molecule has 0 radical (unpaired) electrons. The lowest BCUT2D eigenvalue weighted by Crippen LogP contribution is -2.12. The highest BCUT2D eigenvalue weighted by molar-refractivity contribution is 6.38. The Morgan fingerprint density at radius 3 is 2.33 bits per heavy atom. The van der Waals surface area contributed by atoms with Crippen molar-refractivity contribution in [3.8, 4) is 5.69 Å². The van der Waals surface area contributed by atoms with E-state index >= 15 is 0 Å². The van der Waals surface area contributed by atoms with Gasteiger partial charge in [0.15, 0.2) is 11.5 Å². The van der Waals surface area contributed by atoms with E-state index in [1.54, 1.807) is 0 Å². The molecule has 0 unspecified atom stereocenters. The van der Waals surface area contributed by atoms with Crippen molar-refractivity contribution >= 4 is 41.1 Å². The van der Waals surface area contributed by atoms with Gasteiger partial charge in [0.2, 0.25) is 0 Å². The van der Waals surface area contributed by atoms with Crippen LogP contribution in [0.1, 0.15) is 16.1 Å². The van der Waals surface area contributed by atoms with Gasteiger partial charge in [-0.15, -0.1) is 0 Å². The van der Waals surface area contributed by atoms with Crippen LogP contribution in [0, 0.1) is 0 Å². The molecular weight excluding hydrogens is 368 g/mol. The van der Waals surface area contributed by atoms with Crippen molar-refractivity contribution in [2.24, 2.45) is 10.7 Å². The molecule has 2 N–H and O–H groups in total. The normalized spacial score (nSPS) is 11.9. The molecule has 24 heavy (non-hydrogen) atoms. The molecule has 0 atom stereocenters. The van der Waals surface area contributed by atoms with Gasteiger partial charge >= 0.3 is 6.18 Å². The van der Waals surface area contributed by atoms with E-state index in [4.69, 9.17) is 28.9 Å². The number of nitrogens with two attached hydrogens (primary N) is 1. The fourth-order valence-electron chi connectivity index (χ4n) is 1.81. The van der Waals surface area contributed by atoms with Crippen LogP contribution < -0.4 is 5.73 Å². The minimum absolute atomic E-state index is 0.0601. The lowest BCUT2D eigenvalue weighted by atomic mass is 10.2. The number of aromatic nitrogens is 2. The minimum Gasteiger partial charge on any atom is -0.364 e. The van der Waals surface area contributed by atoms with Gasteiger partial charge < -0.3 is 5.73 Å². The zero-order valence-corrected chi connectivity index (χ0v) is 13.3. The standard InChI is InChI=1S/C14H9Cl2F3N4O/c1-2-3-21-11-6-10(13(20)24)22-23(11)12-8(15)4-7(5-9(12)16)14(17,18)19/h2-6H,1H2,(H2,20,24)/b21-3+. The molecule has 0 fully saturated rings. The van der Waals surface area contributed by atoms with Crippen LogP contribution in [-0.2, 0) is 6.18 Å². The maximum absolute atomic E-state index is 12.8. The lowest BCUT2D eigenvalue weighted by Gasteiger charge is -2.13. The summed E-state index contributed by atoms with van der Waals surface area (Å²) in [5, 5.41) is 3.26. The third-order valence-electron chi connectivity index (χ3n) is 2.81. The molecule has 1 heterocycles. The number of carbonyl (C=O) groups is 1. The Morgan fingerprint density at radius 1 is 1.29 bits per heavy atom. The smallest absolute Gasteiger partial charge is 0.364 e. The number of carbonyl (C=O) groups excluding carboxylic acids is 1. The Balaban J connectivity index is 2.69. The largest absolute Gasteiger partial charge is 0.416 e. The molecule has 2 rings (SSSR count). The van der Waals surface area contributed by atoms with Gasteiger partial charge in [0.05, 0.1) is 15.6 Å². The first kappa shape index (κ1) is 18.0. The predicted octanol–water partition coefficient (Wildman–Crippen LogP) is 4.19. The van der Waals surface area contributed by atoms with Crippen molar-refractivity contribution in [3.05, 3.63) is 52.2 Å². The zero-order chi connectivity index (χ0) is 18.1. The molecule has 1 amide bonds. The summed E-state index contributed by atoms with van der Waals surface area (Å²) in [7, 11) is 0. The number of primary amides is 1. The highest BCUT2D eigenvalue weighted by atomic mass is 35.5. The molecule has 0 aliphatic heterocycles. The number of rotatable bonds is 4. The second-order valence-electron chi connectivity index (χ2n) is 4.46. The van der Waals surface area contributed by atoms with E-state index in [9.17, 15) is 18.0 Å². The van der Waals surface area contributed by atoms with E-state index in [0.717, 1.165) is 4.68 Å². The van der Waals surface area contributed by atoms with Crippen molar-refractivity contribution in [2.45, 2.75) is 6.18 Å². The molecule has 126 valence electrons. The first-order valence-electron chi connectivity index (χ1n) is 6.26. The van der Waals surface area contributed by atoms with Crippen LogP contribution in [0.4, 0.5) is 19.0 Å². The number of hydrogen-bond donors (Lipinski definition) is 1. The molecule has 0 spiro atoms. The van der Waals surface area contributed by atoms with Gasteiger partial charge in [-0.25, -0.2) is 9.67 Å². The second-order valence-corrected chi connectivity index (χ2v) is 5.28. The van der Waals surface area contributed by atoms with Crippen molar-refractivity contribution < 1.29 is 18.0 Å². The SMILES string of the molecule is C=C/C=N/c1cc(C(N)=O)nn1-c1c(Cl)cc(C(F)(F)F)cc1Cl. The summed E-state index contributed by atoms with van der Waals surface area (Å²) in [5.41, 5.74) is 3.93. The van der Waals surface area contributed by atoms with Gasteiger partial charge in [-0.3, -0.25) is 4.79 Å². The van der Waals surface area contributed by atoms with Crippen LogP contribution in [-0.4, -0.2) is 21.9 Å². The van der Waals surface area contributed by atoms with E-state index in [-0.39, 0.29) is 27.2 Å². The number of amides is 1. The summed E-state index contributed by atoms with van der Waals surface area (Å²) in [6.07, 6.45) is -1.96. The Hall–Kier alpha value is -2.32. The number of hydrogen-bond acceptors (Lipinski definition) is 3. The van der Waals surface area contributed by atoms with Crippen molar-refractivity contribution in [1.82, 2.24) is 9.78 Å². The van der Waals surface area contributed by atoms with Crippen LogP contribution in [0.3, 0.4) is 0 Å². The van der Waals surface area contributed by atoms with E-state index in [0.29, 0.717) is 12.1 Å². The van der Waals surface area contributed by atoms with Gasteiger partial charge in [0.1, 0.15) is 5.69 Å². The van der Waals surface area contributed by atoms with Crippen LogP contribution >= 0.6 is 23.2 Å². The Kier molecular flexibility index (Phi) is 5.00. The molecule has 1 aromatic heterocycles. The molecule has 5 nitrogen and oxygen atoms in total. The average Bonchev–Trinajstić information content (AvgIpc) is 2.87. The number of allylic oxidation sites excluding steroid dienone is 1. The highest BCUT2D eigenvalue weighted by Crippen LogP contribution is 2.38. The predicted molar refractivity (Wildman–Crippen MR) is 85.5 cm³/mol. The lowest BCUT2D eigenvalue weighted by molar-refractivity contribution is -0.137. The second kappa shape index (κ2) is 6.66. The fourth-order valence-corrected chi connectivity index (χ4v) is 2.46. The monoisotopic (exact) mass is 376 g/mol. The summed E-state index contributed by atoms with van der Waals surface area (Å²) >= 11 is 11.9. The zero-order valence-electron chi connectivity index (χ0n) is 11.8. The topological polar surface area (TPSA) is 73.3 Å². The van der Waals surface area contributed by atoms with Gasteiger partial charge in [0.25, 0.3) is 5.91 Å². The molecule has 2 aromatic rings. The molecule has 1 aromatic carbocycles. The molecule has 0 saturated carbocycles. The first-order valence-corrected chi connectivity index (χ1v) is 7.02. The number of halogens is 5. The van der Waals surface area contributed by atoms with E-state index in [2.05, 4.69) is 16.7 Å². The van der Waals surface area contributed by atoms with Crippen molar-refractivity contribution in [1.29, 1.82) is 0 Å². The molecule has 0 aliphatic carbocycles. The maximum atomic E-state index is 12.8. The summed E-state index contributed by atoms with van der Waals surface area (Å²) in [6.45, 7) is 3.45. The van der Waals surface area contributed by atoms with Crippen molar-refractivity contribution in [3.63, 3.8) is 0 Å². The van der Waals surface area contributed by atoms with E-state index < -0.39 is 17.6 Å². The summed E-state index contributed by atoms with van der Waals surface area (Å²) in [4.78, 5) is 15.3. The Bertz CT molecular complexity index is 820. The molecule has 0 saturated heterocycles. The number of nitrogens with zero attached hydrogens (tertiary/aromatic N) is 3. The third kappa shape index (κ3) is 3.60. The van der Waals surface area contributed by atoms with Gasteiger partial charge in [-0.1, -0.05) is 35.9 Å². The highest BCUT2D eigenvalue weighted by Gasteiger charge is 2.32. The quantitative estimate of drug-likeness (QED) is 0.812. The molecule has 0 bridgehead atoms. The first-order chi connectivity index (χ1) is 11.1. The average molecular weight is 377 g/mol. The third-order valence-corrected chi connectivity index (χ3v) is 3.39. The van der Waals surface area contributed by atoms with Gasteiger partial charge in [0, 0.05) is 12.3 Å². The van der Waals surface area contributed by atoms with Crippen LogP contribution in [0.15, 0.2) is 35.8 Å². The Morgan fingerprint density at radius 2 is 1.88 bits per heavy atom. The number of benzene rings is 1. The fraction of sp³-hybridized carbons (Fsp3) is 0.0714. The number of alkyl halides is 3. The summed E-state index contributed by atoms with van der Waals surface area (Å²) in [6, 6.07) is 2.65. The minimum atomic E-state index is -4.61. The summed E-state index contributed by atoms with van der Waals surface area (Å²) in [5.74, 6) is -0.754. The van der Waals surface area contributed by atoms with Crippen LogP contribution in [0.5, 0.6) is 0 Å².